The molecule has 3 unspecified atom stereocenters. The average molecular weight is 330 g/mol. The van der Waals surface area contributed by atoms with E-state index in [0.29, 0.717) is 12.5 Å². The molecule has 0 spiro atoms. The fourth-order valence-electron chi connectivity index (χ4n) is 3.57. The number of benzene rings is 1. The molecule has 2 amide bonds. The zero-order valence-corrected chi connectivity index (χ0v) is 14.4. The minimum atomic E-state index is -0.557. The smallest absolute Gasteiger partial charge is 0.225 e. The molecule has 0 aromatic heterocycles. The van der Waals surface area contributed by atoms with Gasteiger partial charge in [0.2, 0.25) is 11.8 Å². The van der Waals surface area contributed by atoms with Gasteiger partial charge in [0, 0.05) is 13.0 Å². The Morgan fingerprint density at radius 3 is 2.62 bits per heavy atom. The molecule has 1 heterocycles. The minimum Gasteiger partial charge on any atom is -0.394 e. The Balaban J connectivity index is 1.65. The van der Waals surface area contributed by atoms with Crippen LogP contribution in [0.4, 0.5) is 0 Å². The van der Waals surface area contributed by atoms with Crippen LogP contribution in [0.3, 0.4) is 0 Å². The number of aliphatic hydroxyl groups excluding tert-OH is 1. The molecule has 5 nitrogen and oxygen atoms in total. The second kappa shape index (κ2) is 6.55. The van der Waals surface area contributed by atoms with Crippen molar-refractivity contribution < 1.29 is 14.7 Å². The van der Waals surface area contributed by atoms with Crippen LogP contribution in [-0.4, -0.2) is 40.5 Å². The molecule has 3 atom stereocenters. The number of hydrogen-bond acceptors (Lipinski definition) is 3. The van der Waals surface area contributed by atoms with E-state index >= 15 is 0 Å². The lowest BCUT2D eigenvalue weighted by Gasteiger charge is -2.30. The van der Waals surface area contributed by atoms with Crippen molar-refractivity contribution in [1.82, 2.24) is 10.2 Å². The summed E-state index contributed by atoms with van der Waals surface area (Å²) in [5.74, 6) is -0.0885. The second-order valence-corrected chi connectivity index (χ2v) is 7.37. The number of hydrogen-bond donors (Lipinski definition) is 2. The van der Waals surface area contributed by atoms with E-state index in [9.17, 15) is 14.7 Å². The normalized spacial score (nSPS) is 24.5. The standard InChI is InChI=1S/C19H26N2O3/c1-13(14-6-4-3-5-7-14)21-11-15(10-17(21)23)18(24)20-19(2,12-22)16-8-9-16/h3-7,13,15-16,22H,8-12H2,1-2H3,(H,20,24). The van der Waals surface area contributed by atoms with Crippen LogP contribution in [0, 0.1) is 11.8 Å². The van der Waals surface area contributed by atoms with E-state index in [1.165, 1.54) is 0 Å². The lowest BCUT2D eigenvalue weighted by atomic mass is 9.95. The Morgan fingerprint density at radius 2 is 2.04 bits per heavy atom. The SMILES string of the molecule is CC(c1ccccc1)N1CC(C(=O)NC(C)(CO)C2CC2)CC1=O. The van der Waals surface area contributed by atoms with Gasteiger partial charge in [-0.3, -0.25) is 9.59 Å². The molecule has 24 heavy (non-hydrogen) atoms. The number of nitrogens with one attached hydrogen (secondary N) is 1. The maximum absolute atomic E-state index is 12.6. The van der Waals surface area contributed by atoms with Crippen molar-refractivity contribution in [2.24, 2.45) is 11.8 Å². The van der Waals surface area contributed by atoms with E-state index in [2.05, 4.69) is 5.32 Å². The van der Waals surface area contributed by atoms with Gasteiger partial charge in [-0.1, -0.05) is 30.3 Å². The van der Waals surface area contributed by atoms with E-state index in [4.69, 9.17) is 0 Å². The van der Waals surface area contributed by atoms with E-state index in [-0.39, 0.29) is 36.8 Å². The van der Waals surface area contributed by atoms with E-state index in [0.717, 1.165) is 18.4 Å². The molecule has 1 aliphatic heterocycles. The Labute approximate surface area is 143 Å². The van der Waals surface area contributed by atoms with Gasteiger partial charge < -0.3 is 15.3 Å². The molecule has 0 radical (unpaired) electrons. The van der Waals surface area contributed by atoms with Crippen LogP contribution in [0.15, 0.2) is 30.3 Å². The highest BCUT2D eigenvalue weighted by molar-refractivity contribution is 5.89. The summed E-state index contributed by atoms with van der Waals surface area (Å²) in [4.78, 5) is 26.8. The lowest BCUT2D eigenvalue weighted by molar-refractivity contribution is -0.130. The first-order chi connectivity index (χ1) is 11.4. The quantitative estimate of drug-likeness (QED) is 0.837. The Hall–Kier alpha value is -1.88. The summed E-state index contributed by atoms with van der Waals surface area (Å²) in [6.45, 7) is 4.26. The van der Waals surface area contributed by atoms with Crippen molar-refractivity contribution in [1.29, 1.82) is 0 Å². The molecule has 2 aliphatic rings. The number of rotatable bonds is 6. The number of carbonyl (C=O) groups is 2. The summed E-state index contributed by atoms with van der Waals surface area (Å²) in [5.41, 5.74) is 0.517. The number of likely N-dealkylation sites (tertiary alicyclic amines) is 1. The second-order valence-electron chi connectivity index (χ2n) is 7.37. The van der Waals surface area contributed by atoms with Crippen LogP contribution in [0.5, 0.6) is 0 Å². The molecule has 2 N–H and O–H groups in total. The van der Waals surface area contributed by atoms with Crippen molar-refractivity contribution in [3.05, 3.63) is 35.9 Å². The molecule has 1 saturated carbocycles. The predicted octanol–water partition coefficient (Wildman–Crippen LogP) is 1.87. The summed E-state index contributed by atoms with van der Waals surface area (Å²) < 4.78 is 0. The van der Waals surface area contributed by atoms with Crippen LogP contribution in [0.2, 0.25) is 0 Å². The third-order valence-electron chi connectivity index (χ3n) is 5.49. The highest BCUT2D eigenvalue weighted by atomic mass is 16.3. The van der Waals surface area contributed by atoms with Crippen molar-refractivity contribution in [3.63, 3.8) is 0 Å². The van der Waals surface area contributed by atoms with E-state index in [1.54, 1.807) is 4.90 Å². The van der Waals surface area contributed by atoms with E-state index < -0.39 is 5.54 Å². The Kier molecular flexibility index (Phi) is 4.63. The molecule has 1 aliphatic carbocycles. The molecule has 0 bridgehead atoms. The zero-order chi connectivity index (χ0) is 17.3. The topological polar surface area (TPSA) is 69.6 Å². The van der Waals surface area contributed by atoms with Crippen molar-refractivity contribution >= 4 is 11.8 Å². The Morgan fingerprint density at radius 1 is 1.38 bits per heavy atom. The first-order valence-corrected chi connectivity index (χ1v) is 8.72. The van der Waals surface area contributed by atoms with Crippen LogP contribution < -0.4 is 5.32 Å². The summed E-state index contributed by atoms with van der Waals surface area (Å²) in [7, 11) is 0. The van der Waals surface area contributed by atoms with Crippen molar-refractivity contribution in [3.8, 4) is 0 Å². The molecule has 5 heteroatoms. The van der Waals surface area contributed by atoms with Gasteiger partial charge in [0.1, 0.15) is 0 Å². The fourth-order valence-corrected chi connectivity index (χ4v) is 3.57. The molecule has 130 valence electrons. The first-order valence-electron chi connectivity index (χ1n) is 8.72. The molecule has 1 aromatic carbocycles. The Bertz CT molecular complexity index is 614. The third kappa shape index (κ3) is 3.31. The highest BCUT2D eigenvalue weighted by Crippen LogP contribution is 2.39. The molecule has 3 rings (SSSR count). The molecule has 1 aromatic rings. The minimum absolute atomic E-state index is 0.0172. The van der Waals surface area contributed by atoms with Gasteiger partial charge >= 0.3 is 0 Å². The van der Waals surface area contributed by atoms with Gasteiger partial charge in [0.05, 0.1) is 24.1 Å². The molecule has 1 saturated heterocycles. The largest absolute Gasteiger partial charge is 0.394 e. The van der Waals surface area contributed by atoms with Gasteiger partial charge in [-0.2, -0.15) is 0 Å². The summed E-state index contributed by atoms with van der Waals surface area (Å²) >= 11 is 0. The highest BCUT2D eigenvalue weighted by Gasteiger charge is 2.45. The van der Waals surface area contributed by atoms with Crippen LogP contribution >= 0.6 is 0 Å². The predicted molar refractivity (Wildman–Crippen MR) is 91.0 cm³/mol. The van der Waals surface area contributed by atoms with Crippen molar-refractivity contribution in [2.75, 3.05) is 13.2 Å². The maximum Gasteiger partial charge on any atom is 0.225 e. The lowest BCUT2D eigenvalue weighted by Crippen LogP contribution is -2.52. The number of carbonyl (C=O) groups excluding carboxylic acids is 2. The molecular weight excluding hydrogens is 304 g/mol. The zero-order valence-electron chi connectivity index (χ0n) is 14.4. The van der Waals surface area contributed by atoms with Gasteiger partial charge in [-0.15, -0.1) is 0 Å². The van der Waals surface area contributed by atoms with Crippen LogP contribution in [0.25, 0.3) is 0 Å². The molecule has 2 fully saturated rings. The summed E-state index contributed by atoms with van der Waals surface area (Å²) in [6.07, 6.45) is 2.32. The van der Waals surface area contributed by atoms with Gasteiger partial charge in [-0.25, -0.2) is 0 Å². The third-order valence-corrected chi connectivity index (χ3v) is 5.49. The van der Waals surface area contributed by atoms with Gasteiger partial charge in [-0.05, 0) is 38.2 Å². The molecular formula is C19H26N2O3. The number of amides is 2. The van der Waals surface area contributed by atoms with Crippen molar-refractivity contribution in [2.45, 2.75) is 44.7 Å². The van der Waals surface area contributed by atoms with Crippen LogP contribution in [0.1, 0.15) is 44.7 Å². The van der Waals surface area contributed by atoms with Gasteiger partial charge in [0.15, 0.2) is 0 Å². The first kappa shape index (κ1) is 17.0. The van der Waals surface area contributed by atoms with E-state index in [1.807, 2.05) is 44.2 Å². The monoisotopic (exact) mass is 330 g/mol. The summed E-state index contributed by atoms with van der Waals surface area (Å²) in [6, 6.07) is 9.83. The van der Waals surface area contributed by atoms with Crippen LogP contribution in [-0.2, 0) is 9.59 Å². The summed E-state index contributed by atoms with van der Waals surface area (Å²) in [5, 5.41) is 12.6. The number of nitrogens with zero attached hydrogens (tertiary/aromatic N) is 1. The maximum atomic E-state index is 12.6. The average Bonchev–Trinajstić information content (AvgIpc) is 3.38. The fraction of sp³-hybridized carbons (Fsp3) is 0.579. The number of aliphatic hydroxyl groups is 1. The van der Waals surface area contributed by atoms with Gasteiger partial charge in [0.25, 0.3) is 0 Å².